The van der Waals surface area contributed by atoms with Gasteiger partial charge in [0.25, 0.3) is 0 Å². The van der Waals surface area contributed by atoms with E-state index in [4.69, 9.17) is 9.47 Å². The van der Waals surface area contributed by atoms with Gasteiger partial charge in [-0.15, -0.1) is 0 Å². The van der Waals surface area contributed by atoms with Crippen LogP contribution < -0.4 is 4.74 Å². The van der Waals surface area contributed by atoms with E-state index in [0.29, 0.717) is 29.1 Å². The van der Waals surface area contributed by atoms with Crippen molar-refractivity contribution in [2.45, 2.75) is 6.92 Å². The van der Waals surface area contributed by atoms with Crippen LogP contribution in [0.1, 0.15) is 27.8 Å². The summed E-state index contributed by atoms with van der Waals surface area (Å²) in [5, 5.41) is 0.805. The maximum absolute atomic E-state index is 12.3. The first kappa shape index (κ1) is 15.8. The van der Waals surface area contributed by atoms with Crippen LogP contribution in [0.15, 0.2) is 54.6 Å². The number of esters is 2. The lowest BCUT2D eigenvalue weighted by molar-refractivity contribution is 0.0515. The fourth-order valence-corrected chi connectivity index (χ4v) is 2.60. The fourth-order valence-electron chi connectivity index (χ4n) is 2.60. The lowest BCUT2D eigenvalue weighted by atomic mass is 10.2. The van der Waals surface area contributed by atoms with Gasteiger partial charge >= 0.3 is 11.9 Å². The number of rotatable bonds is 4. The van der Waals surface area contributed by atoms with Gasteiger partial charge in [0.2, 0.25) is 0 Å². The van der Waals surface area contributed by atoms with Crippen LogP contribution in [0.2, 0.25) is 0 Å². The third-order valence-electron chi connectivity index (χ3n) is 3.72. The number of carbonyl (C=O) groups excluding carboxylic acids is 2. The van der Waals surface area contributed by atoms with Gasteiger partial charge in [-0.3, -0.25) is 0 Å². The van der Waals surface area contributed by atoms with Crippen molar-refractivity contribution in [1.29, 1.82) is 0 Å². The molecule has 0 aliphatic heterocycles. The van der Waals surface area contributed by atoms with Crippen LogP contribution in [0.3, 0.4) is 0 Å². The van der Waals surface area contributed by atoms with E-state index in [1.807, 2.05) is 12.1 Å². The molecule has 3 rings (SSSR count). The van der Waals surface area contributed by atoms with Crippen LogP contribution in [0.5, 0.6) is 5.75 Å². The van der Waals surface area contributed by atoms with Crippen molar-refractivity contribution in [1.82, 2.24) is 4.57 Å². The average Bonchev–Trinajstić information content (AvgIpc) is 2.94. The van der Waals surface area contributed by atoms with Crippen LogP contribution in [-0.4, -0.2) is 23.1 Å². The van der Waals surface area contributed by atoms with Crippen LogP contribution in [0, 0.1) is 0 Å². The number of carbonyl (C=O) groups is 2. The van der Waals surface area contributed by atoms with E-state index in [-0.39, 0.29) is 0 Å². The summed E-state index contributed by atoms with van der Waals surface area (Å²) in [4.78, 5) is 24.3. The molecule has 0 fully saturated rings. The minimum atomic E-state index is -0.443. The molecule has 0 unspecified atom stereocenters. The molecule has 0 spiro atoms. The molecule has 2 aromatic carbocycles. The van der Waals surface area contributed by atoms with Crippen LogP contribution in [0.4, 0.5) is 0 Å². The highest BCUT2D eigenvalue weighted by Gasteiger charge is 2.18. The maximum atomic E-state index is 12.3. The predicted octanol–water partition coefficient (Wildman–Crippen LogP) is 3.57. The summed E-state index contributed by atoms with van der Waals surface area (Å²) in [5.74, 6) is -0.446. The molecule has 0 saturated heterocycles. The maximum Gasteiger partial charge on any atom is 0.354 e. The molecule has 1 heterocycles. The number of hydrogen-bond acceptors (Lipinski definition) is 4. The Kier molecular flexibility index (Phi) is 4.33. The van der Waals surface area contributed by atoms with Crippen molar-refractivity contribution in [3.8, 4) is 5.75 Å². The van der Waals surface area contributed by atoms with E-state index in [9.17, 15) is 9.59 Å². The van der Waals surface area contributed by atoms with Gasteiger partial charge < -0.3 is 14.0 Å². The Labute approximate surface area is 139 Å². The third kappa shape index (κ3) is 2.88. The lowest BCUT2D eigenvalue weighted by Crippen LogP contribution is -2.11. The Morgan fingerprint density at radius 2 is 1.75 bits per heavy atom. The molecule has 0 saturated carbocycles. The molecule has 0 amide bonds. The molecule has 5 nitrogen and oxygen atoms in total. The highest BCUT2D eigenvalue weighted by Crippen LogP contribution is 2.29. The summed E-state index contributed by atoms with van der Waals surface area (Å²) in [5.41, 5.74) is 1.55. The Hall–Kier alpha value is -3.08. The van der Waals surface area contributed by atoms with Gasteiger partial charge in [0.1, 0.15) is 5.69 Å². The van der Waals surface area contributed by atoms with Gasteiger partial charge in [-0.2, -0.15) is 0 Å². The molecule has 3 aromatic rings. The van der Waals surface area contributed by atoms with E-state index < -0.39 is 11.9 Å². The fraction of sp³-hybridized carbons (Fsp3) is 0.158. The second-order valence-electron chi connectivity index (χ2n) is 5.26. The zero-order valence-corrected chi connectivity index (χ0v) is 13.5. The zero-order chi connectivity index (χ0) is 17.1. The normalized spacial score (nSPS) is 10.6. The van der Waals surface area contributed by atoms with Gasteiger partial charge in [-0.1, -0.05) is 30.3 Å². The van der Waals surface area contributed by atoms with E-state index in [1.165, 1.54) is 0 Å². The van der Waals surface area contributed by atoms with E-state index >= 15 is 0 Å². The number of hydrogen-bond donors (Lipinski definition) is 0. The van der Waals surface area contributed by atoms with Crippen molar-refractivity contribution in [2.75, 3.05) is 6.61 Å². The Morgan fingerprint density at radius 3 is 2.46 bits per heavy atom. The first-order valence-corrected chi connectivity index (χ1v) is 7.64. The molecule has 5 heteroatoms. The number of benzene rings is 2. The van der Waals surface area contributed by atoms with Crippen molar-refractivity contribution in [2.24, 2.45) is 7.05 Å². The second kappa shape index (κ2) is 6.58. The SMILES string of the molecule is CCOC(=O)c1cc2cccc(OC(=O)c3ccccc3)c2n1C. The highest BCUT2D eigenvalue weighted by atomic mass is 16.5. The molecule has 0 N–H and O–H groups in total. The molecular weight excluding hydrogens is 306 g/mol. The lowest BCUT2D eigenvalue weighted by Gasteiger charge is -2.08. The largest absolute Gasteiger partial charge is 0.461 e. The van der Waals surface area contributed by atoms with Crippen LogP contribution in [-0.2, 0) is 11.8 Å². The number of fused-ring (bicyclic) bond motifs is 1. The summed E-state index contributed by atoms with van der Waals surface area (Å²) < 4.78 is 12.3. The van der Waals surface area contributed by atoms with Crippen molar-refractivity contribution >= 4 is 22.8 Å². The summed E-state index contributed by atoms with van der Waals surface area (Å²) in [6, 6.07) is 15.8. The van der Waals surface area contributed by atoms with Gasteiger partial charge in [0, 0.05) is 12.4 Å². The molecule has 0 aliphatic carbocycles. The third-order valence-corrected chi connectivity index (χ3v) is 3.72. The predicted molar refractivity (Wildman–Crippen MR) is 90.3 cm³/mol. The minimum absolute atomic E-state index is 0.302. The van der Waals surface area contributed by atoms with Gasteiger partial charge in [-0.05, 0) is 31.2 Å². The number of aromatic nitrogens is 1. The van der Waals surface area contributed by atoms with Gasteiger partial charge in [0.05, 0.1) is 17.7 Å². The highest BCUT2D eigenvalue weighted by molar-refractivity contribution is 5.99. The number of nitrogens with zero attached hydrogens (tertiary/aromatic N) is 1. The number of para-hydroxylation sites is 1. The molecule has 0 bridgehead atoms. The molecule has 1 aromatic heterocycles. The summed E-state index contributed by atoms with van der Waals surface area (Å²) in [7, 11) is 1.74. The Bertz CT molecular complexity index is 896. The van der Waals surface area contributed by atoms with Gasteiger partial charge in [-0.25, -0.2) is 9.59 Å². The molecule has 0 atom stereocenters. The smallest absolute Gasteiger partial charge is 0.354 e. The van der Waals surface area contributed by atoms with Crippen LogP contribution in [0.25, 0.3) is 10.9 Å². The Morgan fingerprint density at radius 1 is 1.00 bits per heavy atom. The second-order valence-corrected chi connectivity index (χ2v) is 5.26. The minimum Gasteiger partial charge on any atom is -0.461 e. The molecule has 0 aliphatic rings. The summed E-state index contributed by atoms with van der Waals surface area (Å²) in [6.45, 7) is 2.06. The van der Waals surface area contributed by atoms with Crippen LogP contribution >= 0.6 is 0 Å². The molecule has 122 valence electrons. The van der Waals surface area contributed by atoms with E-state index in [1.54, 1.807) is 61.0 Å². The zero-order valence-electron chi connectivity index (χ0n) is 13.5. The molecule has 0 radical (unpaired) electrons. The molecular formula is C19H17NO4. The van der Waals surface area contributed by atoms with E-state index in [0.717, 1.165) is 5.39 Å². The quantitative estimate of drug-likeness (QED) is 0.544. The number of ether oxygens (including phenoxy) is 2. The summed E-state index contributed by atoms with van der Waals surface area (Å²) >= 11 is 0. The van der Waals surface area contributed by atoms with Crippen molar-refractivity contribution < 1.29 is 19.1 Å². The van der Waals surface area contributed by atoms with E-state index in [2.05, 4.69) is 0 Å². The summed E-state index contributed by atoms with van der Waals surface area (Å²) in [6.07, 6.45) is 0. The van der Waals surface area contributed by atoms with Crippen molar-refractivity contribution in [3.63, 3.8) is 0 Å². The first-order chi connectivity index (χ1) is 11.6. The average molecular weight is 323 g/mol. The molecule has 24 heavy (non-hydrogen) atoms. The number of aryl methyl sites for hydroxylation is 1. The van der Waals surface area contributed by atoms with Crippen molar-refractivity contribution in [3.05, 3.63) is 65.9 Å². The Balaban J connectivity index is 2.00. The standard InChI is InChI=1S/C19H17NO4/c1-3-23-19(22)15-12-14-10-7-11-16(17(14)20(15)2)24-18(21)13-8-5-4-6-9-13/h4-12H,3H2,1-2H3. The monoisotopic (exact) mass is 323 g/mol. The first-order valence-electron chi connectivity index (χ1n) is 7.64. The topological polar surface area (TPSA) is 57.5 Å². The van der Waals surface area contributed by atoms with Gasteiger partial charge in [0.15, 0.2) is 5.75 Å².